The first-order valence-corrected chi connectivity index (χ1v) is 13.5. The molecule has 0 bridgehead atoms. The molecule has 3 N–H and O–H groups in total. The van der Waals surface area contributed by atoms with E-state index in [-0.39, 0.29) is 16.4 Å². The highest BCUT2D eigenvalue weighted by atomic mass is 32.2. The third-order valence-electron chi connectivity index (χ3n) is 6.07. The Kier molecular flexibility index (Phi) is 7.14. The van der Waals surface area contributed by atoms with E-state index in [4.69, 9.17) is 5.11 Å². The van der Waals surface area contributed by atoms with E-state index in [2.05, 4.69) is 4.72 Å². The maximum atomic E-state index is 13.3. The molecule has 3 aromatic carbocycles. The van der Waals surface area contributed by atoms with E-state index >= 15 is 0 Å². The number of carbonyl (C=O) groups is 1. The van der Waals surface area contributed by atoms with Crippen LogP contribution in [-0.4, -0.2) is 30.4 Å². The summed E-state index contributed by atoms with van der Waals surface area (Å²) in [7, 11) is -3.89. The molecule has 4 rings (SSSR count). The Labute approximate surface area is 198 Å². The smallest absolute Gasteiger partial charge is 0.313 e. The van der Waals surface area contributed by atoms with Gasteiger partial charge in [-0.3, -0.25) is 9.52 Å². The van der Waals surface area contributed by atoms with Gasteiger partial charge in [0.25, 0.3) is 10.0 Å². The van der Waals surface area contributed by atoms with Crippen LogP contribution in [0.1, 0.15) is 50.0 Å². The van der Waals surface area contributed by atoms with Gasteiger partial charge in [0.15, 0.2) is 0 Å². The quantitative estimate of drug-likeness (QED) is 0.217. The summed E-state index contributed by atoms with van der Waals surface area (Å²) in [5.74, 6) is -0.960. The minimum Gasteiger partial charge on any atom is -0.506 e. The number of aromatic hydroxyl groups is 1. The van der Waals surface area contributed by atoms with Crippen LogP contribution in [-0.2, 0) is 14.8 Å². The standard InChI is InChI=1S/C25H27NO5S2/c27-24(28)16-32-23-15-22(20-12-5-6-13-21(20)25(23)29)26-33(30,31)19-11-7-10-18(14-19)17-8-3-1-2-4-9-17/h5-7,10-15,17,26,29H,1-4,8-9,16H2,(H,27,28). The minimum atomic E-state index is -3.89. The third kappa shape index (κ3) is 5.45. The molecule has 1 aliphatic carbocycles. The van der Waals surface area contributed by atoms with E-state index in [9.17, 15) is 18.3 Å². The molecule has 0 spiro atoms. The van der Waals surface area contributed by atoms with Gasteiger partial charge in [-0.2, -0.15) is 0 Å². The molecule has 6 nitrogen and oxygen atoms in total. The van der Waals surface area contributed by atoms with Crippen LogP contribution in [0.25, 0.3) is 10.8 Å². The van der Waals surface area contributed by atoms with Gasteiger partial charge in [0.2, 0.25) is 0 Å². The Morgan fingerprint density at radius 2 is 1.67 bits per heavy atom. The fourth-order valence-electron chi connectivity index (χ4n) is 4.42. The summed E-state index contributed by atoms with van der Waals surface area (Å²) in [5, 5.41) is 20.6. The zero-order valence-corrected chi connectivity index (χ0v) is 19.8. The third-order valence-corrected chi connectivity index (χ3v) is 8.45. The topological polar surface area (TPSA) is 104 Å². The lowest BCUT2D eigenvalue weighted by molar-refractivity contribution is -0.133. The first kappa shape index (κ1) is 23.4. The Morgan fingerprint density at radius 1 is 0.970 bits per heavy atom. The van der Waals surface area contributed by atoms with E-state index in [1.807, 2.05) is 6.07 Å². The molecule has 0 radical (unpaired) electrons. The first-order chi connectivity index (χ1) is 15.8. The molecular weight excluding hydrogens is 458 g/mol. The number of benzene rings is 3. The minimum absolute atomic E-state index is 0.0600. The summed E-state index contributed by atoms with van der Waals surface area (Å²) in [6.45, 7) is 0. The number of sulfonamides is 1. The van der Waals surface area contributed by atoms with Crippen molar-refractivity contribution in [3.8, 4) is 5.75 Å². The van der Waals surface area contributed by atoms with Crippen molar-refractivity contribution >= 4 is 44.2 Å². The molecule has 0 heterocycles. The van der Waals surface area contributed by atoms with Crippen LogP contribution in [0.2, 0.25) is 0 Å². The van der Waals surface area contributed by atoms with Crippen molar-refractivity contribution in [2.75, 3.05) is 10.5 Å². The first-order valence-electron chi connectivity index (χ1n) is 11.1. The summed E-state index contributed by atoms with van der Waals surface area (Å²) in [6.07, 6.45) is 6.93. The van der Waals surface area contributed by atoms with Crippen LogP contribution in [0.15, 0.2) is 64.4 Å². The predicted octanol–water partition coefficient (Wildman–Crippen LogP) is 5.96. The molecule has 0 unspecified atom stereocenters. The summed E-state index contributed by atoms with van der Waals surface area (Å²) in [5.41, 5.74) is 1.35. The zero-order valence-electron chi connectivity index (χ0n) is 18.2. The average Bonchev–Trinajstić information content (AvgIpc) is 3.10. The van der Waals surface area contributed by atoms with Crippen molar-refractivity contribution in [3.05, 3.63) is 60.2 Å². The summed E-state index contributed by atoms with van der Waals surface area (Å²) in [4.78, 5) is 11.5. The SMILES string of the molecule is O=C(O)CSc1cc(NS(=O)(=O)c2cccc(C3CCCCCC3)c2)c2ccccc2c1O. The Balaban J connectivity index is 1.69. The molecule has 0 aromatic heterocycles. The van der Waals surface area contributed by atoms with Crippen LogP contribution < -0.4 is 4.72 Å². The zero-order chi connectivity index (χ0) is 23.4. The number of thioether (sulfide) groups is 1. The van der Waals surface area contributed by atoms with Gasteiger partial charge in [0.05, 0.1) is 21.2 Å². The number of hydrogen-bond donors (Lipinski definition) is 3. The summed E-state index contributed by atoms with van der Waals surface area (Å²) < 4.78 is 29.3. The van der Waals surface area contributed by atoms with Gasteiger partial charge in [-0.1, -0.05) is 62.1 Å². The second kappa shape index (κ2) is 10.1. The number of phenols is 1. The molecule has 0 amide bonds. The maximum Gasteiger partial charge on any atom is 0.313 e. The van der Waals surface area contributed by atoms with Crippen LogP contribution in [0.3, 0.4) is 0 Å². The Hall–Kier alpha value is -2.71. The highest BCUT2D eigenvalue weighted by Gasteiger charge is 2.21. The van der Waals surface area contributed by atoms with Gasteiger partial charge in [0.1, 0.15) is 5.75 Å². The van der Waals surface area contributed by atoms with Crippen molar-refractivity contribution in [2.24, 2.45) is 0 Å². The lowest BCUT2D eigenvalue weighted by Crippen LogP contribution is -2.14. The monoisotopic (exact) mass is 485 g/mol. The summed E-state index contributed by atoms with van der Waals surface area (Å²) in [6, 6.07) is 15.5. The number of aliphatic carboxylic acids is 1. The molecule has 1 fully saturated rings. The number of hydrogen-bond acceptors (Lipinski definition) is 5. The number of anilines is 1. The molecule has 8 heteroatoms. The number of rotatable bonds is 7. The molecule has 33 heavy (non-hydrogen) atoms. The molecule has 174 valence electrons. The molecule has 1 saturated carbocycles. The predicted molar refractivity (Wildman–Crippen MR) is 132 cm³/mol. The van der Waals surface area contributed by atoms with E-state index in [0.29, 0.717) is 27.3 Å². The van der Waals surface area contributed by atoms with Crippen LogP contribution in [0.4, 0.5) is 5.69 Å². The molecule has 0 aliphatic heterocycles. The second-order valence-electron chi connectivity index (χ2n) is 8.37. The van der Waals surface area contributed by atoms with E-state index in [0.717, 1.165) is 43.0 Å². The Bertz CT molecular complexity index is 1270. The highest BCUT2D eigenvalue weighted by Crippen LogP contribution is 2.40. The summed E-state index contributed by atoms with van der Waals surface area (Å²) >= 11 is 0.945. The molecule has 0 atom stereocenters. The van der Waals surface area contributed by atoms with E-state index < -0.39 is 16.0 Å². The van der Waals surface area contributed by atoms with Crippen molar-refractivity contribution in [1.82, 2.24) is 0 Å². The van der Waals surface area contributed by atoms with Crippen LogP contribution in [0.5, 0.6) is 5.75 Å². The van der Waals surface area contributed by atoms with E-state index in [1.54, 1.807) is 42.5 Å². The highest BCUT2D eigenvalue weighted by molar-refractivity contribution is 8.00. The van der Waals surface area contributed by atoms with Crippen LogP contribution in [0, 0.1) is 0 Å². The Morgan fingerprint density at radius 3 is 2.36 bits per heavy atom. The number of carboxylic acids is 1. The average molecular weight is 486 g/mol. The van der Waals surface area contributed by atoms with Crippen molar-refractivity contribution in [3.63, 3.8) is 0 Å². The van der Waals surface area contributed by atoms with Gasteiger partial charge in [-0.05, 0) is 42.5 Å². The van der Waals surface area contributed by atoms with Crippen molar-refractivity contribution in [1.29, 1.82) is 0 Å². The van der Waals surface area contributed by atoms with E-state index in [1.165, 1.54) is 18.9 Å². The van der Waals surface area contributed by atoms with Gasteiger partial charge in [0, 0.05) is 10.8 Å². The van der Waals surface area contributed by atoms with Gasteiger partial charge < -0.3 is 10.2 Å². The van der Waals surface area contributed by atoms with Gasteiger partial charge in [-0.15, -0.1) is 11.8 Å². The van der Waals surface area contributed by atoms with Crippen LogP contribution >= 0.6 is 11.8 Å². The molecule has 3 aromatic rings. The van der Waals surface area contributed by atoms with Gasteiger partial charge >= 0.3 is 5.97 Å². The molecule has 0 saturated heterocycles. The largest absolute Gasteiger partial charge is 0.506 e. The number of phenolic OH excluding ortho intramolecular Hbond substituents is 1. The fraction of sp³-hybridized carbons (Fsp3) is 0.320. The molecule has 1 aliphatic rings. The lowest BCUT2D eigenvalue weighted by atomic mass is 9.92. The maximum absolute atomic E-state index is 13.3. The second-order valence-corrected chi connectivity index (χ2v) is 11.1. The lowest BCUT2D eigenvalue weighted by Gasteiger charge is -2.17. The van der Waals surface area contributed by atoms with Crippen molar-refractivity contribution < 1.29 is 23.4 Å². The number of carboxylic acid groups (broad SMARTS) is 1. The normalized spacial score (nSPS) is 15.3. The molecular formula is C25H27NO5S2. The number of fused-ring (bicyclic) bond motifs is 1. The van der Waals surface area contributed by atoms with Gasteiger partial charge in [-0.25, -0.2) is 8.42 Å². The number of nitrogens with one attached hydrogen (secondary N) is 1. The fourth-order valence-corrected chi connectivity index (χ4v) is 6.27. The van der Waals surface area contributed by atoms with Crippen molar-refractivity contribution in [2.45, 2.75) is 54.2 Å².